The molecule has 6 rings (SSSR count). The van der Waals surface area contributed by atoms with Gasteiger partial charge in [-0.2, -0.15) is 0 Å². The number of allylic oxidation sites excluding steroid dienone is 3. The first-order valence-electron chi connectivity index (χ1n) is 14.6. The van der Waals surface area contributed by atoms with E-state index in [4.69, 9.17) is 14.7 Å². The van der Waals surface area contributed by atoms with Crippen molar-refractivity contribution in [2.45, 2.75) is 72.1 Å². The standard InChI is InChI=1S/C34H34N4O5/c1-7-19-15(3)23-12-25-17(5)21(9-10-29(39)40)32(37-25)22-11-30(41)43-34(42)31-18(6)26(38-33(22)31)14-28-20(8-2)16(4)24(36-28)13-27(19)35-23/h7,12-14,17,21,36,38H,1,8-11H2,2-6H3,(H,39,40). The number of H-pyrrole nitrogens is 2. The third-order valence-electron chi connectivity index (χ3n) is 9.14. The zero-order chi connectivity index (χ0) is 30.7. The number of nitrogens with zero attached hydrogens (tertiary/aromatic N) is 2. The number of aromatic amines is 2. The number of cyclic esters (lactones) is 2. The molecular formula is C34H34N4O5. The van der Waals surface area contributed by atoms with Gasteiger partial charge in [0.05, 0.1) is 34.6 Å². The molecule has 9 heteroatoms. The number of carbonyl (C=O) groups excluding carboxylic acids is 2. The summed E-state index contributed by atoms with van der Waals surface area (Å²) in [5, 5.41) is 9.55. The normalized spacial score (nSPS) is 18.1. The molecule has 0 aliphatic carbocycles. The molecular weight excluding hydrogens is 544 g/mol. The molecule has 0 aromatic carbocycles. The van der Waals surface area contributed by atoms with Crippen molar-refractivity contribution in [1.82, 2.24) is 19.9 Å². The molecule has 0 spiro atoms. The lowest BCUT2D eigenvalue weighted by Gasteiger charge is -2.16. The zero-order valence-electron chi connectivity index (χ0n) is 25.0. The lowest BCUT2D eigenvalue weighted by atomic mass is 9.85. The van der Waals surface area contributed by atoms with Crippen molar-refractivity contribution in [3.8, 4) is 0 Å². The number of carboxylic acid groups (broad SMARTS) is 1. The number of ether oxygens (including phenoxy) is 1. The first kappa shape index (κ1) is 28.3. The van der Waals surface area contributed by atoms with Crippen LogP contribution in [0.15, 0.2) is 30.9 Å². The van der Waals surface area contributed by atoms with Crippen LogP contribution in [0.4, 0.5) is 0 Å². The number of aliphatic carboxylic acids is 1. The Bertz CT molecular complexity index is 1960. The molecule has 3 aromatic rings. The summed E-state index contributed by atoms with van der Waals surface area (Å²) in [6.45, 7) is 14.1. The van der Waals surface area contributed by atoms with Crippen molar-refractivity contribution in [3.63, 3.8) is 0 Å². The highest BCUT2D eigenvalue weighted by molar-refractivity contribution is 6.09. The predicted octanol–water partition coefficient (Wildman–Crippen LogP) is 6.60. The van der Waals surface area contributed by atoms with Gasteiger partial charge in [0.25, 0.3) is 0 Å². The molecule has 3 aromatic heterocycles. The van der Waals surface area contributed by atoms with Crippen LogP contribution in [0.5, 0.6) is 0 Å². The second kappa shape index (κ2) is 10.5. The van der Waals surface area contributed by atoms with Gasteiger partial charge in [-0.1, -0.05) is 26.5 Å². The van der Waals surface area contributed by atoms with Gasteiger partial charge >= 0.3 is 17.9 Å². The Hall–Kier alpha value is -4.79. The Balaban J connectivity index is 1.82. The summed E-state index contributed by atoms with van der Waals surface area (Å²) in [7, 11) is 0. The SMILES string of the molecule is C=CC1=C(C)c2cc3nc(c4c5[nH]c(cc6[nH]c(cc1n2)c(C)c6CC)c(C)c5C(=O)OC(=O)C4)C(CCC(=O)O)C3C. The highest BCUT2D eigenvalue weighted by Gasteiger charge is 2.35. The number of carboxylic acids is 1. The largest absolute Gasteiger partial charge is 0.481 e. The fraction of sp³-hybridized carbons (Fsp3) is 0.324. The number of fused-ring (bicyclic) bond motifs is 8. The second-order valence-electron chi connectivity index (χ2n) is 11.5. The number of aromatic nitrogens is 4. The van der Waals surface area contributed by atoms with Crippen molar-refractivity contribution in [2.75, 3.05) is 0 Å². The van der Waals surface area contributed by atoms with Crippen molar-refractivity contribution < 1.29 is 24.2 Å². The molecule has 220 valence electrons. The van der Waals surface area contributed by atoms with E-state index >= 15 is 0 Å². The fourth-order valence-corrected chi connectivity index (χ4v) is 6.70. The van der Waals surface area contributed by atoms with E-state index in [1.807, 2.05) is 45.0 Å². The summed E-state index contributed by atoms with van der Waals surface area (Å²) < 4.78 is 5.23. The quantitative estimate of drug-likeness (QED) is 0.229. The van der Waals surface area contributed by atoms with Crippen LogP contribution >= 0.6 is 0 Å². The van der Waals surface area contributed by atoms with E-state index in [1.165, 1.54) is 0 Å². The zero-order valence-corrected chi connectivity index (χ0v) is 25.0. The smallest absolute Gasteiger partial charge is 0.348 e. The van der Waals surface area contributed by atoms with Crippen LogP contribution in [0.1, 0.15) is 101 Å². The van der Waals surface area contributed by atoms with Crippen LogP contribution in [0.2, 0.25) is 0 Å². The Kier molecular flexibility index (Phi) is 6.91. The predicted molar refractivity (Wildman–Crippen MR) is 165 cm³/mol. The van der Waals surface area contributed by atoms with Gasteiger partial charge in [-0.05, 0) is 74.1 Å². The highest BCUT2D eigenvalue weighted by Crippen LogP contribution is 2.43. The van der Waals surface area contributed by atoms with Gasteiger partial charge in [0, 0.05) is 51.6 Å². The summed E-state index contributed by atoms with van der Waals surface area (Å²) in [5.41, 5.74) is 11.6. The van der Waals surface area contributed by atoms with E-state index in [1.54, 1.807) is 0 Å². The number of hydrogen-bond donors (Lipinski definition) is 3. The molecule has 6 heterocycles. The summed E-state index contributed by atoms with van der Waals surface area (Å²) in [4.78, 5) is 54.8. The maximum Gasteiger partial charge on any atom is 0.348 e. The molecule has 43 heavy (non-hydrogen) atoms. The molecule has 2 atom stereocenters. The molecule has 0 radical (unpaired) electrons. The van der Waals surface area contributed by atoms with Crippen molar-refractivity contribution in [2.24, 2.45) is 0 Å². The lowest BCUT2D eigenvalue weighted by molar-refractivity contribution is -0.138. The molecule has 0 amide bonds. The number of aryl methyl sites for hydroxylation is 3. The first-order valence-corrected chi connectivity index (χ1v) is 14.6. The van der Waals surface area contributed by atoms with Gasteiger partial charge in [-0.25, -0.2) is 9.78 Å². The third kappa shape index (κ3) is 4.59. The maximum atomic E-state index is 13.2. The van der Waals surface area contributed by atoms with Gasteiger partial charge in [0.1, 0.15) is 0 Å². The van der Waals surface area contributed by atoms with Gasteiger partial charge in [-0.15, -0.1) is 0 Å². The number of esters is 2. The van der Waals surface area contributed by atoms with E-state index in [0.29, 0.717) is 39.8 Å². The van der Waals surface area contributed by atoms with Crippen molar-refractivity contribution in [1.29, 1.82) is 0 Å². The molecule has 2 unspecified atom stereocenters. The van der Waals surface area contributed by atoms with Crippen LogP contribution in [0, 0.1) is 13.8 Å². The number of carbonyl (C=O) groups is 3. The number of rotatable bonds is 5. The Morgan fingerprint density at radius 1 is 1.07 bits per heavy atom. The van der Waals surface area contributed by atoms with Gasteiger partial charge in [0.2, 0.25) is 0 Å². The topological polar surface area (TPSA) is 138 Å². The molecule has 0 saturated heterocycles. The highest BCUT2D eigenvalue weighted by atomic mass is 16.6. The maximum absolute atomic E-state index is 13.2. The molecule has 9 nitrogen and oxygen atoms in total. The van der Waals surface area contributed by atoms with E-state index in [9.17, 15) is 19.5 Å². The average molecular weight is 579 g/mol. The Labute approximate surface area is 248 Å². The number of nitrogens with one attached hydrogen (secondary N) is 2. The Morgan fingerprint density at radius 2 is 1.81 bits per heavy atom. The molecule has 8 bridgehead atoms. The molecule has 3 N–H and O–H groups in total. The van der Waals surface area contributed by atoms with E-state index in [2.05, 4.69) is 30.4 Å². The van der Waals surface area contributed by atoms with Crippen LogP contribution in [-0.2, 0) is 27.2 Å². The van der Waals surface area contributed by atoms with Crippen LogP contribution in [0.3, 0.4) is 0 Å². The molecule has 0 fully saturated rings. The van der Waals surface area contributed by atoms with Gasteiger partial charge in [0.15, 0.2) is 0 Å². The Morgan fingerprint density at radius 3 is 2.51 bits per heavy atom. The average Bonchev–Trinajstić information content (AvgIpc) is 3.61. The van der Waals surface area contributed by atoms with E-state index in [0.717, 1.165) is 56.8 Å². The number of hydrogen-bond acceptors (Lipinski definition) is 6. The fourth-order valence-electron chi connectivity index (χ4n) is 6.70. The van der Waals surface area contributed by atoms with E-state index in [-0.39, 0.29) is 24.7 Å². The lowest BCUT2D eigenvalue weighted by Crippen LogP contribution is -2.13. The minimum absolute atomic E-state index is 0.0605. The van der Waals surface area contributed by atoms with Crippen LogP contribution in [-0.4, -0.2) is 43.0 Å². The third-order valence-corrected chi connectivity index (χ3v) is 9.14. The minimum atomic E-state index is -0.910. The van der Waals surface area contributed by atoms with Crippen molar-refractivity contribution >= 4 is 51.1 Å². The van der Waals surface area contributed by atoms with Crippen molar-refractivity contribution in [3.05, 3.63) is 81.4 Å². The summed E-state index contributed by atoms with van der Waals surface area (Å²) in [5.74, 6) is -2.74. The summed E-state index contributed by atoms with van der Waals surface area (Å²) in [6.07, 6.45) is 2.69. The first-order chi connectivity index (χ1) is 20.5. The summed E-state index contributed by atoms with van der Waals surface area (Å²) >= 11 is 0. The van der Waals surface area contributed by atoms with Gasteiger partial charge < -0.3 is 19.8 Å². The minimum Gasteiger partial charge on any atom is -0.481 e. The van der Waals surface area contributed by atoms with Gasteiger partial charge in [-0.3, -0.25) is 14.6 Å². The second-order valence-corrected chi connectivity index (χ2v) is 11.5. The van der Waals surface area contributed by atoms with Crippen LogP contribution in [0.25, 0.3) is 33.2 Å². The van der Waals surface area contributed by atoms with E-state index < -0.39 is 17.9 Å². The molecule has 3 aliphatic rings. The molecule has 3 aliphatic heterocycles. The summed E-state index contributed by atoms with van der Waals surface area (Å²) in [6, 6.07) is 5.97. The van der Waals surface area contributed by atoms with Crippen LogP contribution < -0.4 is 0 Å². The molecule has 0 saturated carbocycles. The monoisotopic (exact) mass is 578 g/mol.